The number of carbonyl (C=O) groups is 1. The number of carboxylic acids is 1. The maximum Gasteiger partial charge on any atom is 0.339 e. The summed E-state index contributed by atoms with van der Waals surface area (Å²) >= 11 is 0. The zero-order chi connectivity index (χ0) is 12.9. The van der Waals surface area contributed by atoms with Crippen LogP contribution in [0.2, 0.25) is 0 Å². The molecule has 6 heteroatoms. The van der Waals surface area contributed by atoms with Gasteiger partial charge in [-0.2, -0.15) is 4.52 Å². The van der Waals surface area contributed by atoms with Gasteiger partial charge in [-0.15, -0.1) is 5.10 Å². The molecule has 0 saturated heterocycles. The molecule has 0 aliphatic heterocycles. The summed E-state index contributed by atoms with van der Waals surface area (Å²) in [4.78, 5) is 11.2. The van der Waals surface area contributed by atoms with Crippen molar-refractivity contribution in [1.29, 1.82) is 0 Å². The second-order valence-electron chi connectivity index (χ2n) is 4.27. The van der Waals surface area contributed by atoms with Crippen LogP contribution < -0.4 is 0 Å². The van der Waals surface area contributed by atoms with E-state index in [0.29, 0.717) is 0 Å². The van der Waals surface area contributed by atoms with Crippen LogP contribution in [-0.4, -0.2) is 31.1 Å². The van der Waals surface area contributed by atoms with E-state index in [0.717, 1.165) is 22.0 Å². The summed E-state index contributed by atoms with van der Waals surface area (Å²) in [6, 6.07) is 5.51. The number of hydrogen-bond donors (Lipinski definition) is 1. The molecule has 0 atom stereocenters. The van der Waals surface area contributed by atoms with Gasteiger partial charge in [0.25, 0.3) is 0 Å². The van der Waals surface area contributed by atoms with Crippen molar-refractivity contribution >= 4 is 22.5 Å². The van der Waals surface area contributed by atoms with Crippen molar-refractivity contribution in [3.8, 4) is 0 Å². The number of aromatic carboxylic acids is 1. The van der Waals surface area contributed by atoms with Crippen LogP contribution in [0, 0.1) is 13.8 Å². The molecule has 1 N–H and O–H groups in total. The van der Waals surface area contributed by atoms with Gasteiger partial charge in [-0.3, -0.25) is 0 Å². The van der Waals surface area contributed by atoms with Crippen molar-refractivity contribution in [2.75, 3.05) is 0 Å². The predicted octanol–water partition coefficient (Wildman–Crippen LogP) is 1.59. The minimum Gasteiger partial charge on any atom is -0.478 e. The molecule has 3 aromatic rings. The summed E-state index contributed by atoms with van der Waals surface area (Å²) in [5, 5.41) is 21.2. The van der Waals surface area contributed by atoms with Crippen molar-refractivity contribution in [2.24, 2.45) is 0 Å². The van der Waals surface area contributed by atoms with Crippen LogP contribution >= 0.6 is 0 Å². The largest absolute Gasteiger partial charge is 0.478 e. The van der Waals surface area contributed by atoms with Gasteiger partial charge in [0.15, 0.2) is 5.65 Å². The third-order valence-corrected chi connectivity index (χ3v) is 3.11. The summed E-state index contributed by atoms with van der Waals surface area (Å²) in [5.41, 5.74) is 3.39. The van der Waals surface area contributed by atoms with Gasteiger partial charge in [-0.05, 0) is 53.6 Å². The summed E-state index contributed by atoms with van der Waals surface area (Å²) in [7, 11) is 0. The maximum atomic E-state index is 11.2. The van der Waals surface area contributed by atoms with Crippen molar-refractivity contribution < 1.29 is 9.90 Å². The first-order valence-electron chi connectivity index (χ1n) is 5.43. The quantitative estimate of drug-likeness (QED) is 0.700. The third kappa shape index (κ3) is 1.35. The Kier molecular flexibility index (Phi) is 2.07. The summed E-state index contributed by atoms with van der Waals surface area (Å²) in [5.74, 6) is -1.03. The fourth-order valence-corrected chi connectivity index (χ4v) is 2.02. The molecule has 0 amide bonds. The number of tetrazole rings is 1. The average molecular weight is 242 g/mol. The van der Waals surface area contributed by atoms with Gasteiger partial charge in [0.2, 0.25) is 0 Å². The molecule has 0 fully saturated rings. The molecule has 0 unspecified atom stereocenters. The molecule has 0 spiro atoms. The van der Waals surface area contributed by atoms with Crippen LogP contribution in [0.15, 0.2) is 18.2 Å². The molecule has 6 nitrogen and oxygen atoms in total. The Morgan fingerprint density at radius 2 is 1.94 bits per heavy atom. The lowest BCUT2D eigenvalue weighted by Gasteiger charge is -2.06. The van der Waals surface area contributed by atoms with Gasteiger partial charge in [0.05, 0.1) is 5.52 Å². The van der Waals surface area contributed by atoms with E-state index in [4.69, 9.17) is 0 Å². The van der Waals surface area contributed by atoms with Gasteiger partial charge in [-0.25, -0.2) is 4.79 Å². The molecule has 0 aliphatic rings. The second kappa shape index (κ2) is 3.49. The van der Waals surface area contributed by atoms with Crippen LogP contribution in [-0.2, 0) is 0 Å². The molecule has 0 saturated carbocycles. The molecule has 2 heterocycles. The molecule has 0 radical (unpaired) electrons. The van der Waals surface area contributed by atoms with E-state index in [-0.39, 0.29) is 11.2 Å². The Morgan fingerprint density at radius 3 is 2.67 bits per heavy atom. The normalized spacial score (nSPS) is 11.2. The number of pyridine rings is 1. The van der Waals surface area contributed by atoms with Crippen LogP contribution in [0.25, 0.3) is 16.6 Å². The number of hydrogen-bond acceptors (Lipinski definition) is 4. The Hall–Kier alpha value is -2.50. The number of aromatic nitrogens is 4. The fourth-order valence-electron chi connectivity index (χ4n) is 2.02. The monoisotopic (exact) mass is 242 g/mol. The molecule has 3 rings (SSSR count). The first kappa shape index (κ1) is 10.6. The van der Waals surface area contributed by atoms with Crippen molar-refractivity contribution in [2.45, 2.75) is 13.8 Å². The summed E-state index contributed by atoms with van der Waals surface area (Å²) in [6.07, 6.45) is 0. The Balaban J connectivity index is 2.55. The average Bonchev–Trinajstić information content (AvgIpc) is 2.79. The third-order valence-electron chi connectivity index (χ3n) is 3.11. The van der Waals surface area contributed by atoms with Gasteiger partial charge in [0, 0.05) is 5.39 Å². The van der Waals surface area contributed by atoms with Crippen LogP contribution in [0.1, 0.15) is 21.5 Å². The van der Waals surface area contributed by atoms with Crippen LogP contribution in [0.5, 0.6) is 0 Å². The number of benzene rings is 1. The predicted molar refractivity (Wildman–Crippen MR) is 64.7 cm³/mol. The van der Waals surface area contributed by atoms with E-state index in [1.807, 2.05) is 26.0 Å². The minimum absolute atomic E-state index is 0.107. The van der Waals surface area contributed by atoms with Crippen LogP contribution in [0.4, 0.5) is 0 Å². The zero-order valence-corrected chi connectivity index (χ0v) is 9.88. The van der Waals surface area contributed by atoms with E-state index in [1.165, 1.54) is 4.52 Å². The lowest BCUT2D eigenvalue weighted by atomic mass is 10.0. The highest BCUT2D eigenvalue weighted by Gasteiger charge is 2.15. The van der Waals surface area contributed by atoms with Crippen LogP contribution in [0.3, 0.4) is 0 Å². The van der Waals surface area contributed by atoms with E-state index in [2.05, 4.69) is 15.5 Å². The molecule has 18 heavy (non-hydrogen) atoms. The fraction of sp³-hybridized carbons (Fsp3) is 0.167. The molecule has 0 aliphatic carbocycles. The first-order chi connectivity index (χ1) is 8.58. The number of nitrogens with zero attached hydrogens (tertiary/aromatic N) is 4. The minimum atomic E-state index is -1.03. The van der Waals surface area contributed by atoms with E-state index in [9.17, 15) is 9.90 Å². The van der Waals surface area contributed by atoms with E-state index >= 15 is 0 Å². The number of fused-ring (bicyclic) bond motifs is 3. The smallest absolute Gasteiger partial charge is 0.339 e. The second-order valence-corrected chi connectivity index (χ2v) is 4.27. The first-order valence-corrected chi connectivity index (χ1v) is 5.43. The molecular formula is C12H10N4O2. The van der Waals surface area contributed by atoms with Gasteiger partial charge < -0.3 is 5.11 Å². The SMILES string of the molecule is Cc1cc2cc(C(=O)O)c3nnnn3c2cc1C. The summed E-state index contributed by atoms with van der Waals surface area (Å²) < 4.78 is 1.46. The van der Waals surface area contributed by atoms with E-state index < -0.39 is 5.97 Å². The standard InChI is InChI=1S/C12H10N4O2/c1-6-3-8-5-9(12(17)18)11-13-14-15-16(11)10(8)4-7(6)2/h3-5H,1-2H3,(H,17,18). The molecule has 90 valence electrons. The number of rotatable bonds is 1. The lowest BCUT2D eigenvalue weighted by molar-refractivity contribution is 0.0698. The van der Waals surface area contributed by atoms with Crippen molar-refractivity contribution in [3.63, 3.8) is 0 Å². The molecule has 0 bridgehead atoms. The highest BCUT2D eigenvalue weighted by molar-refractivity contribution is 5.99. The Morgan fingerprint density at radius 1 is 1.22 bits per heavy atom. The highest BCUT2D eigenvalue weighted by Crippen LogP contribution is 2.22. The molecule has 2 aromatic heterocycles. The zero-order valence-electron chi connectivity index (χ0n) is 9.88. The topological polar surface area (TPSA) is 80.4 Å². The van der Waals surface area contributed by atoms with Crippen molar-refractivity contribution in [1.82, 2.24) is 20.0 Å². The Bertz CT molecular complexity index is 791. The maximum absolute atomic E-state index is 11.2. The number of carboxylic acid groups (broad SMARTS) is 1. The number of aryl methyl sites for hydroxylation is 2. The lowest BCUT2D eigenvalue weighted by Crippen LogP contribution is -2.03. The van der Waals surface area contributed by atoms with Gasteiger partial charge >= 0.3 is 5.97 Å². The van der Waals surface area contributed by atoms with Gasteiger partial charge in [-0.1, -0.05) is 0 Å². The molecule has 1 aromatic carbocycles. The Labute approximate surface area is 102 Å². The molecular weight excluding hydrogens is 232 g/mol. The van der Waals surface area contributed by atoms with Crippen molar-refractivity contribution in [3.05, 3.63) is 34.9 Å². The summed E-state index contributed by atoms with van der Waals surface area (Å²) in [6.45, 7) is 3.98. The van der Waals surface area contributed by atoms with E-state index in [1.54, 1.807) is 6.07 Å². The van der Waals surface area contributed by atoms with Gasteiger partial charge in [0.1, 0.15) is 5.56 Å². The highest BCUT2D eigenvalue weighted by atomic mass is 16.4.